The predicted molar refractivity (Wildman–Crippen MR) is 110 cm³/mol. The summed E-state index contributed by atoms with van der Waals surface area (Å²) in [5.74, 6) is 3.44. The molecule has 5 aliphatic carbocycles. The number of allylic oxidation sites excluding steroid dienone is 2. The lowest BCUT2D eigenvalue weighted by Crippen LogP contribution is -2.64. The highest BCUT2D eigenvalue weighted by Gasteiger charge is 2.78. The van der Waals surface area contributed by atoms with Gasteiger partial charge in [0.1, 0.15) is 0 Å². The molecule has 0 aromatic heterocycles. The fourth-order valence-corrected chi connectivity index (χ4v) is 9.53. The largest absolute Gasteiger partial charge is 0.313 e. The maximum Gasteiger partial charge on any atom is 0.155 e. The van der Waals surface area contributed by atoms with E-state index in [1.165, 1.54) is 24.8 Å². The van der Waals surface area contributed by atoms with Gasteiger partial charge >= 0.3 is 0 Å². The predicted octanol–water partition coefficient (Wildman–Crippen LogP) is 5.83. The summed E-state index contributed by atoms with van der Waals surface area (Å²) < 4.78 is 0. The van der Waals surface area contributed by atoms with Gasteiger partial charge in [0.05, 0.1) is 0 Å². The van der Waals surface area contributed by atoms with E-state index in [1.54, 1.807) is 6.21 Å². The highest BCUT2D eigenvalue weighted by atomic mass is 16.1. The summed E-state index contributed by atoms with van der Waals surface area (Å²) in [6.07, 6.45) is 12.6. The zero-order valence-electron chi connectivity index (χ0n) is 17.5. The van der Waals surface area contributed by atoms with Crippen molar-refractivity contribution in [1.29, 1.82) is 5.41 Å². The summed E-state index contributed by atoms with van der Waals surface area (Å²) >= 11 is 0. The molecule has 0 radical (unpaired) electrons. The van der Waals surface area contributed by atoms with Crippen LogP contribution in [0.25, 0.3) is 0 Å². The number of rotatable bonds is 2. The summed E-state index contributed by atoms with van der Waals surface area (Å²) in [5.41, 5.74) is 2.19. The van der Waals surface area contributed by atoms with Crippen LogP contribution in [0.5, 0.6) is 0 Å². The number of fused-ring (bicyclic) bond motifs is 7. The van der Waals surface area contributed by atoms with Crippen LogP contribution >= 0.6 is 0 Å². The number of nitrogens with one attached hydrogen (secondary N) is 1. The van der Waals surface area contributed by atoms with Crippen LogP contribution in [0.4, 0.5) is 0 Å². The molecule has 0 aromatic rings. The van der Waals surface area contributed by atoms with Gasteiger partial charge in [0.25, 0.3) is 0 Å². The van der Waals surface area contributed by atoms with E-state index in [1.807, 2.05) is 6.08 Å². The van der Waals surface area contributed by atoms with Gasteiger partial charge in [0.2, 0.25) is 0 Å². The Morgan fingerprint density at radius 1 is 1.22 bits per heavy atom. The molecule has 5 rings (SSSR count). The highest BCUT2D eigenvalue weighted by Crippen LogP contribution is 2.84. The average molecular weight is 366 g/mol. The zero-order chi connectivity index (χ0) is 19.4. The second-order valence-corrected chi connectivity index (χ2v) is 11.5. The first kappa shape index (κ1) is 17.9. The number of carbonyl (C=O) groups excluding carboxylic acids is 1. The van der Waals surface area contributed by atoms with Gasteiger partial charge in [-0.05, 0) is 89.7 Å². The quantitative estimate of drug-likeness (QED) is 0.485. The van der Waals surface area contributed by atoms with Crippen molar-refractivity contribution in [1.82, 2.24) is 0 Å². The topological polar surface area (TPSA) is 40.9 Å². The van der Waals surface area contributed by atoms with Crippen molar-refractivity contribution in [2.24, 2.45) is 51.2 Å². The lowest BCUT2D eigenvalue weighted by atomic mass is 9.34. The highest BCUT2D eigenvalue weighted by molar-refractivity contribution is 5.91. The average Bonchev–Trinajstić information content (AvgIpc) is 3.36. The molecule has 27 heavy (non-hydrogen) atoms. The summed E-state index contributed by atoms with van der Waals surface area (Å²) in [6.45, 7) is 14.4. The first-order chi connectivity index (χ1) is 12.7. The molecule has 2 nitrogen and oxygen atoms in total. The minimum absolute atomic E-state index is 0.0369. The molecule has 0 aliphatic heterocycles. The van der Waals surface area contributed by atoms with Crippen LogP contribution < -0.4 is 0 Å². The Labute approximate surface area is 164 Å². The van der Waals surface area contributed by atoms with Crippen LogP contribution in [-0.4, -0.2) is 12.0 Å². The normalized spacial score (nSPS) is 58.3. The van der Waals surface area contributed by atoms with Crippen molar-refractivity contribution in [3.8, 4) is 0 Å². The van der Waals surface area contributed by atoms with E-state index < -0.39 is 0 Å². The number of hydrogen-bond acceptors (Lipinski definition) is 2. The lowest BCUT2D eigenvalue weighted by molar-refractivity contribution is -0.186. The van der Waals surface area contributed by atoms with Crippen LogP contribution in [0.15, 0.2) is 24.3 Å². The van der Waals surface area contributed by atoms with E-state index in [9.17, 15) is 4.79 Å². The third-order valence-electron chi connectivity index (χ3n) is 10.6. The van der Waals surface area contributed by atoms with Gasteiger partial charge in [0, 0.05) is 12.3 Å². The summed E-state index contributed by atoms with van der Waals surface area (Å²) in [7, 11) is 0. The van der Waals surface area contributed by atoms with Gasteiger partial charge in [0.15, 0.2) is 5.78 Å². The van der Waals surface area contributed by atoms with E-state index in [4.69, 9.17) is 5.41 Å². The molecule has 0 spiro atoms. The maximum atomic E-state index is 12.2. The number of carbonyl (C=O) groups is 1. The first-order valence-electron chi connectivity index (χ1n) is 11.0. The third kappa shape index (κ3) is 1.84. The van der Waals surface area contributed by atoms with Crippen LogP contribution in [0, 0.1) is 56.7 Å². The zero-order valence-corrected chi connectivity index (χ0v) is 17.5. The van der Waals surface area contributed by atoms with Crippen LogP contribution in [0.1, 0.15) is 66.2 Å². The molecule has 9 atom stereocenters. The van der Waals surface area contributed by atoms with Crippen molar-refractivity contribution in [2.75, 3.05) is 0 Å². The number of ketones is 1. The van der Waals surface area contributed by atoms with Crippen molar-refractivity contribution < 1.29 is 4.79 Å². The van der Waals surface area contributed by atoms with E-state index in [2.05, 4.69) is 40.3 Å². The molecule has 0 heterocycles. The lowest BCUT2D eigenvalue weighted by Gasteiger charge is -2.70. The van der Waals surface area contributed by atoms with E-state index in [-0.39, 0.29) is 21.7 Å². The third-order valence-corrected chi connectivity index (χ3v) is 10.6. The van der Waals surface area contributed by atoms with Crippen molar-refractivity contribution >= 4 is 12.0 Å². The van der Waals surface area contributed by atoms with E-state index in [0.717, 1.165) is 31.1 Å². The smallest absolute Gasteiger partial charge is 0.155 e. The van der Waals surface area contributed by atoms with Crippen LogP contribution in [-0.2, 0) is 4.79 Å². The molecule has 0 bridgehead atoms. The fourth-order valence-electron chi connectivity index (χ4n) is 9.53. The Balaban J connectivity index is 1.71. The maximum absolute atomic E-state index is 12.2. The molecular formula is C25H35NO. The molecule has 4 fully saturated rings. The Kier molecular flexibility index (Phi) is 3.34. The second-order valence-electron chi connectivity index (χ2n) is 11.5. The first-order valence-corrected chi connectivity index (χ1v) is 11.0. The molecule has 5 aliphatic rings. The number of hydrogen-bond donors (Lipinski definition) is 1. The Morgan fingerprint density at radius 3 is 2.63 bits per heavy atom. The molecule has 9 unspecified atom stereocenters. The molecule has 2 heteroatoms. The van der Waals surface area contributed by atoms with Crippen molar-refractivity contribution in [3.05, 3.63) is 24.3 Å². The van der Waals surface area contributed by atoms with E-state index >= 15 is 0 Å². The Hall–Kier alpha value is -1.18. The Morgan fingerprint density at radius 2 is 1.96 bits per heavy atom. The summed E-state index contributed by atoms with van der Waals surface area (Å²) in [6, 6.07) is 0. The molecule has 0 saturated heterocycles. The minimum atomic E-state index is 0.0369. The van der Waals surface area contributed by atoms with Crippen LogP contribution in [0.3, 0.4) is 0 Å². The molecular weight excluding hydrogens is 330 g/mol. The monoisotopic (exact) mass is 365 g/mol. The second kappa shape index (κ2) is 5.05. The van der Waals surface area contributed by atoms with Gasteiger partial charge in [-0.15, -0.1) is 6.58 Å². The molecule has 1 N–H and O–H groups in total. The molecule has 4 saturated carbocycles. The fraction of sp³-hybridized carbons (Fsp3) is 0.760. The SMILES string of the molecule is C=CC1(C)CC2=CC(=O)CCC2C2(C)CCC3(C)C(C=N)C4CC4C3(C)C12. The van der Waals surface area contributed by atoms with E-state index in [0.29, 0.717) is 23.5 Å². The standard InChI is InChI=1S/C25H35NO/c1-6-22(2)13-15-11-16(27)7-8-18(15)23(3)9-10-24(4)20(14-26)17-12-19(17)25(24,5)21(22)23/h6,11,14,17-21,26H,1,7-10,12-13H2,2-5H3. The van der Waals surface area contributed by atoms with Gasteiger partial charge in [-0.1, -0.05) is 39.3 Å². The van der Waals surface area contributed by atoms with Gasteiger partial charge in [-0.2, -0.15) is 0 Å². The molecule has 0 aromatic carbocycles. The Bertz CT molecular complexity index is 781. The van der Waals surface area contributed by atoms with Gasteiger partial charge in [-0.3, -0.25) is 4.79 Å². The summed E-state index contributed by atoms with van der Waals surface area (Å²) in [4.78, 5) is 12.2. The van der Waals surface area contributed by atoms with Gasteiger partial charge < -0.3 is 5.41 Å². The van der Waals surface area contributed by atoms with Gasteiger partial charge in [-0.25, -0.2) is 0 Å². The van der Waals surface area contributed by atoms with Crippen molar-refractivity contribution in [3.63, 3.8) is 0 Å². The minimum Gasteiger partial charge on any atom is -0.313 e. The van der Waals surface area contributed by atoms with Crippen LogP contribution in [0.2, 0.25) is 0 Å². The van der Waals surface area contributed by atoms with Crippen molar-refractivity contribution in [2.45, 2.75) is 66.2 Å². The molecule has 146 valence electrons. The molecule has 0 amide bonds. The summed E-state index contributed by atoms with van der Waals surface area (Å²) in [5, 5.41) is 8.19.